The first-order chi connectivity index (χ1) is 12.8. The van der Waals surface area contributed by atoms with Gasteiger partial charge < -0.3 is 4.90 Å². The summed E-state index contributed by atoms with van der Waals surface area (Å²) in [5.74, 6) is 0. The highest BCUT2D eigenvalue weighted by atomic mass is 32.1. The second-order valence-electron chi connectivity index (χ2n) is 6.69. The van der Waals surface area contributed by atoms with Gasteiger partial charge in [-0.3, -0.25) is 9.58 Å². The topological polar surface area (TPSA) is 24.3 Å². The van der Waals surface area contributed by atoms with Gasteiger partial charge in [-0.1, -0.05) is 30.3 Å². The number of benzene rings is 2. The molecule has 1 aliphatic heterocycles. The largest absolute Gasteiger partial charge is 0.369 e. The molecule has 26 heavy (non-hydrogen) atoms. The highest BCUT2D eigenvalue weighted by Gasteiger charge is 2.25. The summed E-state index contributed by atoms with van der Waals surface area (Å²) < 4.78 is 2.04. The second-order valence-corrected chi connectivity index (χ2v) is 7.21. The van der Waals surface area contributed by atoms with Gasteiger partial charge >= 0.3 is 0 Å². The number of hydrogen-bond donors (Lipinski definition) is 1. The van der Waals surface area contributed by atoms with E-state index in [1.54, 1.807) is 0 Å². The van der Waals surface area contributed by atoms with Crippen LogP contribution in [-0.2, 0) is 6.54 Å². The van der Waals surface area contributed by atoms with E-state index in [4.69, 9.17) is 0 Å². The van der Waals surface area contributed by atoms with Crippen LogP contribution in [0.25, 0.3) is 0 Å². The van der Waals surface area contributed by atoms with Crippen molar-refractivity contribution in [1.82, 2.24) is 14.7 Å². The molecule has 0 aliphatic carbocycles. The van der Waals surface area contributed by atoms with Crippen molar-refractivity contribution < 1.29 is 0 Å². The lowest BCUT2D eigenvalue weighted by Gasteiger charge is -2.40. The van der Waals surface area contributed by atoms with Gasteiger partial charge in [0.2, 0.25) is 0 Å². The van der Waals surface area contributed by atoms with Crippen molar-refractivity contribution in [2.24, 2.45) is 0 Å². The molecule has 1 saturated heterocycles. The molecule has 4 rings (SSSR count). The normalized spacial score (nSPS) is 16.6. The molecule has 0 amide bonds. The number of anilines is 1. The second kappa shape index (κ2) is 7.98. The summed E-state index contributed by atoms with van der Waals surface area (Å²) >= 11 is 4.38. The van der Waals surface area contributed by atoms with Gasteiger partial charge in [-0.25, -0.2) is 0 Å². The van der Waals surface area contributed by atoms with Crippen LogP contribution in [0.1, 0.15) is 11.6 Å². The fourth-order valence-corrected chi connectivity index (χ4v) is 3.80. The van der Waals surface area contributed by atoms with E-state index in [0.717, 1.165) is 37.6 Å². The monoisotopic (exact) mass is 364 g/mol. The Bertz CT molecular complexity index is 794. The molecule has 1 fully saturated rings. The predicted octanol–water partition coefficient (Wildman–Crippen LogP) is 3.74. The number of thiol groups is 1. The third-order valence-electron chi connectivity index (χ3n) is 5.07. The maximum Gasteiger partial charge on any atom is 0.0606 e. The average molecular weight is 365 g/mol. The van der Waals surface area contributed by atoms with Crippen molar-refractivity contribution >= 4 is 18.3 Å². The van der Waals surface area contributed by atoms with Crippen LogP contribution in [0.3, 0.4) is 0 Å². The molecular formula is C21H24N4S. The Kier molecular flexibility index (Phi) is 5.27. The molecule has 1 atom stereocenters. The Morgan fingerprint density at radius 2 is 1.62 bits per heavy atom. The van der Waals surface area contributed by atoms with Crippen molar-refractivity contribution in [3.63, 3.8) is 0 Å². The van der Waals surface area contributed by atoms with Crippen LogP contribution in [0, 0.1) is 0 Å². The minimum Gasteiger partial charge on any atom is -0.369 e. The first kappa shape index (κ1) is 17.2. The fourth-order valence-electron chi connectivity index (χ4n) is 3.65. The average Bonchev–Trinajstić information content (AvgIpc) is 3.21. The third kappa shape index (κ3) is 3.94. The van der Waals surface area contributed by atoms with Crippen molar-refractivity contribution in [1.29, 1.82) is 0 Å². The number of rotatable bonds is 5. The van der Waals surface area contributed by atoms with Crippen LogP contribution >= 0.6 is 12.6 Å². The highest BCUT2D eigenvalue weighted by molar-refractivity contribution is 7.80. The molecule has 1 unspecified atom stereocenters. The molecule has 1 aliphatic rings. The van der Waals surface area contributed by atoms with Gasteiger partial charge in [-0.15, -0.1) is 12.6 Å². The summed E-state index contributed by atoms with van der Waals surface area (Å²) in [6, 6.07) is 21.6. The van der Waals surface area contributed by atoms with Crippen LogP contribution in [0.15, 0.2) is 78.0 Å². The van der Waals surface area contributed by atoms with Crippen molar-refractivity contribution in [3.05, 3.63) is 78.6 Å². The lowest BCUT2D eigenvalue weighted by atomic mass is 10.0. The Balaban J connectivity index is 1.48. The smallest absolute Gasteiger partial charge is 0.0606 e. The first-order valence-electron chi connectivity index (χ1n) is 9.10. The zero-order chi connectivity index (χ0) is 17.8. The quantitative estimate of drug-likeness (QED) is 0.698. The zero-order valence-electron chi connectivity index (χ0n) is 14.8. The zero-order valence-corrected chi connectivity index (χ0v) is 15.7. The minimum atomic E-state index is 0.345. The van der Waals surface area contributed by atoms with Gasteiger partial charge in [0.15, 0.2) is 0 Å². The van der Waals surface area contributed by atoms with Gasteiger partial charge in [0.25, 0.3) is 0 Å². The molecule has 134 valence electrons. The van der Waals surface area contributed by atoms with Gasteiger partial charge in [0.1, 0.15) is 0 Å². The van der Waals surface area contributed by atoms with E-state index in [0.29, 0.717) is 6.04 Å². The van der Waals surface area contributed by atoms with Crippen LogP contribution in [0.4, 0.5) is 5.69 Å². The minimum absolute atomic E-state index is 0.345. The summed E-state index contributed by atoms with van der Waals surface area (Å²) in [5.41, 5.74) is 2.64. The van der Waals surface area contributed by atoms with E-state index in [9.17, 15) is 0 Å². The maximum atomic E-state index is 4.42. The summed E-state index contributed by atoms with van der Waals surface area (Å²) in [5, 5.41) is 4.42. The molecule has 2 aromatic carbocycles. The molecule has 1 aromatic heterocycles. The van der Waals surface area contributed by atoms with Gasteiger partial charge in [-0.2, -0.15) is 5.10 Å². The molecule has 2 heterocycles. The van der Waals surface area contributed by atoms with E-state index in [-0.39, 0.29) is 0 Å². The molecule has 0 bridgehead atoms. The number of piperazine rings is 1. The molecule has 5 heteroatoms. The lowest BCUT2D eigenvalue weighted by Crippen LogP contribution is -2.48. The fraction of sp³-hybridized carbons (Fsp3) is 0.286. The SMILES string of the molecule is Sc1ccc(N2CCN(C(Cn3cccn3)c3ccccc3)CC2)cc1. The Morgan fingerprint density at radius 1 is 0.885 bits per heavy atom. The molecule has 3 aromatic rings. The van der Waals surface area contributed by atoms with E-state index in [1.165, 1.54) is 11.3 Å². The van der Waals surface area contributed by atoms with E-state index in [1.807, 2.05) is 23.1 Å². The van der Waals surface area contributed by atoms with Gasteiger partial charge in [-0.05, 0) is 35.9 Å². The predicted molar refractivity (Wildman–Crippen MR) is 109 cm³/mol. The van der Waals surface area contributed by atoms with Crippen molar-refractivity contribution in [2.45, 2.75) is 17.5 Å². The lowest BCUT2D eigenvalue weighted by molar-refractivity contribution is 0.165. The Hall–Kier alpha value is -2.24. The van der Waals surface area contributed by atoms with E-state index < -0.39 is 0 Å². The first-order valence-corrected chi connectivity index (χ1v) is 9.55. The van der Waals surface area contributed by atoms with Gasteiger partial charge in [0.05, 0.1) is 12.6 Å². The Morgan fingerprint density at radius 3 is 2.27 bits per heavy atom. The van der Waals surface area contributed by atoms with Crippen molar-refractivity contribution in [3.8, 4) is 0 Å². The van der Waals surface area contributed by atoms with Crippen LogP contribution in [-0.4, -0.2) is 40.9 Å². The molecule has 4 nitrogen and oxygen atoms in total. The third-order valence-corrected chi connectivity index (χ3v) is 5.37. The summed E-state index contributed by atoms with van der Waals surface area (Å²) in [4.78, 5) is 6.05. The van der Waals surface area contributed by atoms with Gasteiger partial charge in [0, 0.05) is 49.2 Å². The molecule has 0 N–H and O–H groups in total. The maximum absolute atomic E-state index is 4.42. The number of hydrogen-bond acceptors (Lipinski definition) is 4. The Labute approximate surface area is 160 Å². The summed E-state index contributed by atoms with van der Waals surface area (Å²) in [6.07, 6.45) is 3.90. The molecule has 0 saturated carbocycles. The van der Waals surface area contributed by atoms with Crippen LogP contribution < -0.4 is 4.90 Å². The van der Waals surface area contributed by atoms with E-state index in [2.05, 4.69) is 82.1 Å². The number of nitrogens with zero attached hydrogens (tertiary/aromatic N) is 4. The van der Waals surface area contributed by atoms with Crippen LogP contribution in [0.5, 0.6) is 0 Å². The van der Waals surface area contributed by atoms with Crippen LogP contribution in [0.2, 0.25) is 0 Å². The molecule has 0 spiro atoms. The highest BCUT2D eigenvalue weighted by Crippen LogP contribution is 2.26. The summed E-state index contributed by atoms with van der Waals surface area (Å²) in [6.45, 7) is 5.04. The van der Waals surface area contributed by atoms with Crippen molar-refractivity contribution in [2.75, 3.05) is 31.1 Å². The number of aromatic nitrogens is 2. The standard InChI is InChI=1S/C21H24N4S/c26-20-9-7-19(8-10-20)23-13-15-24(16-14-23)21(17-25-12-4-11-22-25)18-5-2-1-3-6-18/h1-12,21,26H,13-17H2. The molecular weight excluding hydrogens is 340 g/mol. The molecule has 0 radical (unpaired) electrons. The van der Waals surface area contributed by atoms with E-state index >= 15 is 0 Å². The summed E-state index contributed by atoms with van der Waals surface area (Å²) in [7, 11) is 0.